The minimum atomic E-state index is -0.646. The second-order valence-corrected chi connectivity index (χ2v) is 19.9. The van der Waals surface area contributed by atoms with Gasteiger partial charge >= 0.3 is 0 Å². The normalized spacial score (nSPS) is 51.4. The van der Waals surface area contributed by atoms with Gasteiger partial charge in [0.05, 0.1) is 5.54 Å². The molecule has 50 heavy (non-hydrogen) atoms. The Morgan fingerprint density at radius 1 is 0.560 bits per heavy atom. The monoisotopic (exact) mass is 696 g/mol. The third kappa shape index (κ3) is 5.62. The van der Waals surface area contributed by atoms with Gasteiger partial charge in [-0.1, -0.05) is 0 Å². The van der Waals surface area contributed by atoms with E-state index in [1.807, 2.05) is 13.8 Å². The summed E-state index contributed by atoms with van der Waals surface area (Å²) >= 11 is 0. The largest absolute Gasteiger partial charge is 0.354 e. The standard InChI is InChI=1S/C40H60N2O8/c1-36(2,42-35(44)22-25-5-9-38(10-6-25)46-40(50-48-38)32-17-28-12-29(19-32)20-33(40)18-28)23-41-34(43)21-24-3-7-37(8-4-24)45-39(49-47-37)30-13-26-11-27(15-30)16-31(39)14-26/h24-33H,3-23H2,1-2H3,(H,41,43)(H,42,44). The first-order valence-electron chi connectivity index (χ1n) is 20.7. The Balaban J connectivity index is 0.647. The first-order valence-corrected chi connectivity index (χ1v) is 20.7. The number of nitrogens with one attached hydrogen (secondary N) is 2. The van der Waals surface area contributed by atoms with Crippen LogP contribution in [0.4, 0.5) is 0 Å². The molecule has 0 aromatic heterocycles. The summed E-state index contributed by atoms with van der Waals surface area (Å²) in [6, 6.07) is 0. The van der Waals surface area contributed by atoms with E-state index in [0.29, 0.717) is 54.9 Å². The van der Waals surface area contributed by atoms with Crippen molar-refractivity contribution >= 4 is 11.8 Å². The summed E-state index contributed by atoms with van der Waals surface area (Å²) in [5, 5.41) is 6.32. The summed E-state index contributed by atoms with van der Waals surface area (Å²) in [4.78, 5) is 50.8. The van der Waals surface area contributed by atoms with Crippen LogP contribution < -0.4 is 10.6 Å². The van der Waals surface area contributed by atoms with Crippen LogP contribution in [0.5, 0.6) is 0 Å². The molecule has 12 aliphatic rings. The summed E-state index contributed by atoms with van der Waals surface area (Å²) in [6.07, 6.45) is 20.2. The fourth-order valence-electron chi connectivity index (χ4n) is 13.6. The highest BCUT2D eigenvalue weighted by atomic mass is 17.3. The Kier molecular flexibility index (Phi) is 7.89. The molecule has 12 fully saturated rings. The highest BCUT2D eigenvalue weighted by molar-refractivity contribution is 5.78. The highest BCUT2D eigenvalue weighted by Gasteiger charge is 2.68. The summed E-state index contributed by atoms with van der Waals surface area (Å²) in [5.74, 6) is 3.59. The summed E-state index contributed by atoms with van der Waals surface area (Å²) in [6.45, 7) is 4.38. The predicted octanol–water partition coefficient (Wildman–Crippen LogP) is 6.81. The van der Waals surface area contributed by atoms with Gasteiger partial charge in [-0.3, -0.25) is 9.59 Å². The van der Waals surface area contributed by atoms with Crippen LogP contribution in [-0.4, -0.2) is 47.0 Å². The van der Waals surface area contributed by atoms with Gasteiger partial charge in [-0.15, -0.1) is 0 Å². The number of carbonyl (C=O) groups excluding carboxylic acids is 2. The molecule has 0 atom stereocenters. The maximum Gasteiger partial charge on any atom is 0.220 e. The molecule has 278 valence electrons. The number of hydrogen-bond donors (Lipinski definition) is 2. The first-order chi connectivity index (χ1) is 24.0. The quantitative estimate of drug-likeness (QED) is 0.279. The minimum Gasteiger partial charge on any atom is -0.354 e. The Hall–Kier alpha value is -1.30. The molecule has 2 N–H and O–H groups in total. The fraction of sp³-hybridized carbons (Fsp3) is 0.950. The number of rotatable bonds is 7. The zero-order chi connectivity index (χ0) is 33.9. The van der Waals surface area contributed by atoms with Gasteiger partial charge in [0.25, 0.3) is 0 Å². The lowest BCUT2D eigenvalue weighted by Crippen LogP contribution is -2.59. The molecule has 12 rings (SSSR count). The molecule has 2 amide bonds. The van der Waals surface area contributed by atoms with Crippen LogP contribution in [0, 0.1) is 59.2 Å². The third-order valence-corrected chi connectivity index (χ3v) is 15.8. The number of ether oxygens (including phenoxy) is 2. The van der Waals surface area contributed by atoms with Gasteiger partial charge in [0.15, 0.2) is 0 Å². The maximum absolute atomic E-state index is 13.2. The SMILES string of the molecule is CC(C)(CNC(=O)CC1CCC2(CC1)OOC1(O2)C2CC3CC(C2)CC1C3)NC(=O)CC1CCC2(CC1)OOC1(O2)C2CC3CC(C2)CC1C3. The van der Waals surface area contributed by atoms with E-state index >= 15 is 0 Å². The average Bonchev–Trinajstić information content (AvgIpc) is 3.64. The topological polar surface area (TPSA) is 114 Å². The first kappa shape index (κ1) is 33.3. The molecule has 2 aliphatic heterocycles. The number of carbonyl (C=O) groups is 2. The van der Waals surface area contributed by atoms with E-state index in [1.165, 1.54) is 64.2 Å². The lowest BCUT2D eigenvalue weighted by Gasteiger charge is -2.57. The Morgan fingerprint density at radius 2 is 0.940 bits per heavy atom. The van der Waals surface area contributed by atoms with E-state index < -0.39 is 28.7 Å². The smallest absolute Gasteiger partial charge is 0.220 e. The zero-order valence-electron chi connectivity index (χ0n) is 30.4. The molecule has 4 spiro atoms. The average molecular weight is 697 g/mol. The van der Waals surface area contributed by atoms with E-state index in [1.54, 1.807) is 0 Å². The Labute approximate surface area is 297 Å². The second-order valence-electron chi connectivity index (χ2n) is 19.9. The van der Waals surface area contributed by atoms with Crippen LogP contribution in [0.1, 0.15) is 142 Å². The Bertz CT molecular complexity index is 1290. The third-order valence-electron chi connectivity index (χ3n) is 15.8. The summed E-state index contributed by atoms with van der Waals surface area (Å²) in [7, 11) is 0. The molecule has 10 saturated carbocycles. The van der Waals surface area contributed by atoms with Crippen molar-refractivity contribution in [1.29, 1.82) is 0 Å². The molecule has 10 aliphatic carbocycles. The number of amides is 2. The lowest BCUT2D eigenvalue weighted by atomic mass is 9.53. The van der Waals surface area contributed by atoms with Crippen molar-refractivity contribution in [2.45, 2.75) is 171 Å². The maximum atomic E-state index is 13.2. The van der Waals surface area contributed by atoms with Crippen LogP contribution in [0.2, 0.25) is 0 Å². The molecular formula is C40H60N2O8. The summed E-state index contributed by atoms with van der Waals surface area (Å²) < 4.78 is 13.7. The molecular weight excluding hydrogens is 636 g/mol. The number of hydrogen-bond acceptors (Lipinski definition) is 8. The molecule has 10 nitrogen and oxygen atoms in total. The minimum absolute atomic E-state index is 0.0421. The van der Waals surface area contributed by atoms with Crippen LogP contribution >= 0.6 is 0 Å². The van der Waals surface area contributed by atoms with Gasteiger partial charge in [0.1, 0.15) is 0 Å². The van der Waals surface area contributed by atoms with Gasteiger partial charge < -0.3 is 20.1 Å². The van der Waals surface area contributed by atoms with Crippen molar-refractivity contribution in [3.8, 4) is 0 Å². The van der Waals surface area contributed by atoms with Crippen molar-refractivity contribution in [3.63, 3.8) is 0 Å². The van der Waals surface area contributed by atoms with E-state index in [-0.39, 0.29) is 11.8 Å². The molecule has 10 heteroatoms. The van der Waals surface area contributed by atoms with Crippen molar-refractivity contribution in [3.05, 3.63) is 0 Å². The van der Waals surface area contributed by atoms with Crippen molar-refractivity contribution in [1.82, 2.24) is 10.6 Å². The van der Waals surface area contributed by atoms with E-state index in [0.717, 1.165) is 75.0 Å². The fourth-order valence-corrected chi connectivity index (χ4v) is 13.6. The zero-order valence-corrected chi connectivity index (χ0v) is 30.4. The molecule has 0 unspecified atom stereocenters. The molecule has 2 heterocycles. The van der Waals surface area contributed by atoms with Crippen molar-refractivity contribution in [2.24, 2.45) is 59.2 Å². The van der Waals surface area contributed by atoms with Gasteiger partial charge in [-0.05, 0) is 139 Å². The highest BCUT2D eigenvalue weighted by Crippen LogP contribution is 2.65. The van der Waals surface area contributed by atoms with E-state index in [4.69, 9.17) is 29.0 Å². The van der Waals surface area contributed by atoms with Crippen molar-refractivity contribution in [2.75, 3.05) is 6.54 Å². The lowest BCUT2D eigenvalue weighted by molar-refractivity contribution is -0.390. The van der Waals surface area contributed by atoms with Crippen molar-refractivity contribution < 1.29 is 38.6 Å². The van der Waals surface area contributed by atoms with Gasteiger partial charge in [-0.2, -0.15) is 19.6 Å². The van der Waals surface area contributed by atoms with Gasteiger partial charge in [0.2, 0.25) is 35.0 Å². The van der Waals surface area contributed by atoms with Gasteiger partial charge in [-0.25, -0.2) is 0 Å². The summed E-state index contributed by atoms with van der Waals surface area (Å²) in [5.41, 5.74) is -0.535. The molecule has 0 radical (unpaired) electrons. The second kappa shape index (κ2) is 11.8. The van der Waals surface area contributed by atoms with Gasteiger partial charge in [0, 0.05) is 68.7 Å². The molecule has 0 aromatic carbocycles. The Morgan fingerprint density at radius 3 is 1.34 bits per heavy atom. The van der Waals surface area contributed by atoms with Crippen LogP contribution in [0.3, 0.4) is 0 Å². The molecule has 8 bridgehead atoms. The predicted molar refractivity (Wildman–Crippen MR) is 180 cm³/mol. The van der Waals surface area contributed by atoms with Crippen LogP contribution in [-0.2, 0) is 38.6 Å². The van der Waals surface area contributed by atoms with E-state index in [9.17, 15) is 9.59 Å². The van der Waals surface area contributed by atoms with E-state index in [2.05, 4.69) is 10.6 Å². The molecule has 0 aromatic rings. The van der Waals surface area contributed by atoms with Crippen LogP contribution in [0.15, 0.2) is 0 Å². The molecule has 2 saturated heterocycles. The van der Waals surface area contributed by atoms with Crippen LogP contribution in [0.25, 0.3) is 0 Å².